The summed E-state index contributed by atoms with van der Waals surface area (Å²) in [4.78, 5) is 25.9. The minimum Gasteiger partial charge on any atom is -0.452 e. The summed E-state index contributed by atoms with van der Waals surface area (Å²) < 4.78 is 37.2. The molecule has 30 heavy (non-hydrogen) atoms. The molecule has 0 aliphatic carbocycles. The molecule has 0 atom stereocenters. The maximum Gasteiger partial charge on any atom is 0.338 e. The number of amides is 1. The van der Waals surface area contributed by atoms with Crippen molar-refractivity contribution in [3.05, 3.63) is 59.1 Å². The van der Waals surface area contributed by atoms with Gasteiger partial charge in [-0.1, -0.05) is 23.7 Å². The molecule has 160 valence electrons. The number of nitrogens with zero attached hydrogens (tertiary/aromatic N) is 2. The molecular formula is C20H21ClN2O6S. The first kappa shape index (κ1) is 22.1. The molecule has 0 bridgehead atoms. The molecule has 0 unspecified atom stereocenters. The number of sulfonamides is 1. The highest BCUT2D eigenvalue weighted by molar-refractivity contribution is 7.92. The van der Waals surface area contributed by atoms with Gasteiger partial charge in [-0.15, -0.1) is 0 Å². The van der Waals surface area contributed by atoms with Gasteiger partial charge in [0.2, 0.25) is 0 Å². The summed E-state index contributed by atoms with van der Waals surface area (Å²) in [6.45, 7) is 1.36. The lowest BCUT2D eigenvalue weighted by Gasteiger charge is -2.26. The number of morpholine rings is 1. The number of anilines is 1. The molecule has 1 heterocycles. The predicted octanol–water partition coefficient (Wildman–Crippen LogP) is 2.18. The van der Waals surface area contributed by atoms with Crippen LogP contribution in [0.2, 0.25) is 5.02 Å². The molecule has 0 N–H and O–H groups in total. The van der Waals surface area contributed by atoms with Crippen molar-refractivity contribution in [2.45, 2.75) is 4.90 Å². The summed E-state index contributed by atoms with van der Waals surface area (Å²) in [6.07, 6.45) is 0. The molecule has 1 aliphatic heterocycles. The molecular weight excluding hydrogens is 432 g/mol. The van der Waals surface area contributed by atoms with Crippen LogP contribution in [0.5, 0.6) is 0 Å². The van der Waals surface area contributed by atoms with Crippen LogP contribution in [-0.2, 0) is 24.3 Å². The number of carbonyl (C=O) groups is 2. The minimum atomic E-state index is -3.94. The van der Waals surface area contributed by atoms with Crippen molar-refractivity contribution >= 4 is 39.2 Å². The molecule has 8 nitrogen and oxygen atoms in total. The van der Waals surface area contributed by atoms with Gasteiger partial charge in [-0.25, -0.2) is 13.2 Å². The lowest BCUT2D eigenvalue weighted by molar-refractivity contribution is -0.138. The molecule has 1 amide bonds. The van der Waals surface area contributed by atoms with E-state index < -0.39 is 22.6 Å². The standard InChI is InChI=1S/C20H21ClN2O6S/c1-22(17-6-3-5-16(21)13-17)30(26,27)18-7-2-4-15(12-18)20(25)29-14-19(24)23-8-10-28-11-9-23/h2-7,12-13H,8-11,14H2,1H3. The van der Waals surface area contributed by atoms with Crippen LogP contribution in [0.4, 0.5) is 5.69 Å². The van der Waals surface area contributed by atoms with Crippen LogP contribution >= 0.6 is 11.6 Å². The lowest BCUT2D eigenvalue weighted by atomic mass is 10.2. The number of carbonyl (C=O) groups excluding carboxylic acids is 2. The maximum absolute atomic E-state index is 12.9. The Labute approximate surface area is 180 Å². The molecule has 0 saturated carbocycles. The van der Waals surface area contributed by atoms with Crippen LogP contribution in [0.15, 0.2) is 53.4 Å². The van der Waals surface area contributed by atoms with E-state index >= 15 is 0 Å². The van der Waals surface area contributed by atoms with E-state index in [9.17, 15) is 18.0 Å². The first-order chi connectivity index (χ1) is 14.3. The monoisotopic (exact) mass is 452 g/mol. The first-order valence-electron chi connectivity index (χ1n) is 9.16. The number of esters is 1. The fraction of sp³-hybridized carbons (Fsp3) is 0.300. The molecule has 0 aromatic heterocycles. The summed E-state index contributed by atoms with van der Waals surface area (Å²) >= 11 is 5.95. The Kier molecular flexibility index (Phi) is 6.96. The highest BCUT2D eigenvalue weighted by atomic mass is 35.5. The third-order valence-electron chi connectivity index (χ3n) is 4.59. The lowest BCUT2D eigenvalue weighted by Crippen LogP contribution is -2.42. The zero-order chi connectivity index (χ0) is 21.7. The van der Waals surface area contributed by atoms with Gasteiger partial charge in [-0.2, -0.15) is 0 Å². The van der Waals surface area contributed by atoms with E-state index in [0.717, 1.165) is 4.31 Å². The van der Waals surface area contributed by atoms with Gasteiger partial charge in [0.05, 0.1) is 29.4 Å². The number of rotatable bonds is 6. The topological polar surface area (TPSA) is 93.2 Å². The second kappa shape index (κ2) is 9.46. The SMILES string of the molecule is CN(c1cccc(Cl)c1)S(=O)(=O)c1cccc(C(=O)OCC(=O)N2CCOCC2)c1. The fourth-order valence-electron chi connectivity index (χ4n) is 2.87. The van der Waals surface area contributed by atoms with E-state index in [1.165, 1.54) is 37.4 Å². The van der Waals surface area contributed by atoms with Gasteiger partial charge < -0.3 is 14.4 Å². The van der Waals surface area contributed by atoms with Crippen molar-refractivity contribution in [2.75, 3.05) is 44.3 Å². The molecule has 2 aromatic carbocycles. The minimum absolute atomic E-state index is 0.0327. The quantitative estimate of drug-likeness (QED) is 0.624. The van der Waals surface area contributed by atoms with Crippen molar-refractivity contribution in [1.29, 1.82) is 0 Å². The van der Waals surface area contributed by atoms with Gasteiger partial charge in [-0.3, -0.25) is 9.10 Å². The normalized spacial score (nSPS) is 14.3. The molecule has 3 rings (SSSR count). The third-order valence-corrected chi connectivity index (χ3v) is 6.61. The zero-order valence-corrected chi connectivity index (χ0v) is 17.9. The van der Waals surface area contributed by atoms with Gasteiger partial charge in [0.25, 0.3) is 15.9 Å². The largest absolute Gasteiger partial charge is 0.452 e. The van der Waals surface area contributed by atoms with Crippen LogP contribution in [0, 0.1) is 0 Å². The van der Waals surface area contributed by atoms with Crippen LogP contribution in [0.3, 0.4) is 0 Å². The summed E-state index contributed by atoms with van der Waals surface area (Å²) in [7, 11) is -2.54. The van der Waals surface area contributed by atoms with Gasteiger partial charge >= 0.3 is 5.97 Å². The Hall–Kier alpha value is -2.62. The van der Waals surface area contributed by atoms with Crippen LogP contribution in [0.25, 0.3) is 0 Å². The van der Waals surface area contributed by atoms with E-state index in [1.807, 2.05) is 0 Å². The van der Waals surface area contributed by atoms with Crippen molar-refractivity contribution in [2.24, 2.45) is 0 Å². The predicted molar refractivity (Wildman–Crippen MR) is 111 cm³/mol. The fourth-order valence-corrected chi connectivity index (χ4v) is 4.29. The summed E-state index contributed by atoms with van der Waals surface area (Å²) in [5, 5.41) is 0.400. The molecule has 2 aromatic rings. The highest BCUT2D eigenvalue weighted by Crippen LogP contribution is 2.25. The molecule has 0 spiro atoms. The summed E-state index contributed by atoms with van der Waals surface area (Å²) in [5.41, 5.74) is 0.414. The second-order valence-corrected chi connectivity index (χ2v) is 8.96. The second-order valence-electron chi connectivity index (χ2n) is 6.55. The molecule has 1 fully saturated rings. The Morgan fingerprint density at radius 1 is 1.13 bits per heavy atom. The van der Waals surface area contributed by atoms with Gasteiger partial charge in [0.15, 0.2) is 6.61 Å². The summed E-state index contributed by atoms with van der Waals surface area (Å²) in [6, 6.07) is 11.9. The van der Waals surface area contributed by atoms with E-state index in [1.54, 1.807) is 23.1 Å². The molecule has 1 saturated heterocycles. The Morgan fingerprint density at radius 3 is 2.53 bits per heavy atom. The molecule has 10 heteroatoms. The van der Waals surface area contributed by atoms with Crippen molar-refractivity contribution in [3.63, 3.8) is 0 Å². The van der Waals surface area contributed by atoms with Crippen LogP contribution < -0.4 is 4.31 Å². The zero-order valence-electron chi connectivity index (χ0n) is 16.3. The average molecular weight is 453 g/mol. The maximum atomic E-state index is 12.9. The molecule has 1 aliphatic rings. The first-order valence-corrected chi connectivity index (χ1v) is 11.0. The van der Waals surface area contributed by atoms with E-state index in [-0.39, 0.29) is 16.4 Å². The number of ether oxygens (including phenoxy) is 2. The number of hydrogen-bond acceptors (Lipinski definition) is 6. The Bertz CT molecular complexity index is 1040. The van der Waals surface area contributed by atoms with Crippen molar-refractivity contribution in [3.8, 4) is 0 Å². The van der Waals surface area contributed by atoms with Crippen LogP contribution in [0.1, 0.15) is 10.4 Å². The Morgan fingerprint density at radius 2 is 1.83 bits per heavy atom. The number of halogens is 1. The van der Waals surface area contributed by atoms with E-state index in [2.05, 4.69) is 0 Å². The van der Waals surface area contributed by atoms with Gasteiger partial charge in [-0.05, 0) is 36.4 Å². The summed E-state index contributed by atoms with van der Waals surface area (Å²) in [5.74, 6) is -1.10. The third kappa shape index (κ3) is 5.10. The smallest absolute Gasteiger partial charge is 0.338 e. The number of hydrogen-bond donors (Lipinski definition) is 0. The Balaban J connectivity index is 1.71. The highest BCUT2D eigenvalue weighted by Gasteiger charge is 2.24. The average Bonchev–Trinajstić information content (AvgIpc) is 2.77. The van der Waals surface area contributed by atoms with Crippen molar-refractivity contribution in [1.82, 2.24) is 4.90 Å². The van der Waals surface area contributed by atoms with E-state index in [0.29, 0.717) is 37.0 Å². The van der Waals surface area contributed by atoms with E-state index in [4.69, 9.17) is 21.1 Å². The van der Waals surface area contributed by atoms with Crippen LogP contribution in [-0.4, -0.2) is 65.2 Å². The number of benzene rings is 2. The van der Waals surface area contributed by atoms with Gasteiger partial charge in [0, 0.05) is 25.2 Å². The molecule has 0 radical (unpaired) electrons. The van der Waals surface area contributed by atoms with Gasteiger partial charge in [0.1, 0.15) is 0 Å². The van der Waals surface area contributed by atoms with Crippen molar-refractivity contribution < 1.29 is 27.5 Å².